The van der Waals surface area contributed by atoms with E-state index in [-0.39, 0.29) is 6.54 Å². The van der Waals surface area contributed by atoms with Gasteiger partial charge in [-0.15, -0.1) is 0 Å². The van der Waals surface area contributed by atoms with E-state index in [1.807, 2.05) is 0 Å². The number of hydrogen-bond donors (Lipinski definition) is 4. The minimum Gasteiger partial charge on any atom is -0.852 e. The first-order valence-corrected chi connectivity index (χ1v) is 3.82. The molecule has 0 saturated carbocycles. The Bertz CT molecular complexity index is 315. The number of rotatable bonds is 3. The van der Waals surface area contributed by atoms with Crippen LogP contribution in [0.3, 0.4) is 0 Å². The number of aliphatic hydroxyl groups is 1. The summed E-state index contributed by atoms with van der Waals surface area (Å²) in [6, 6.07) is 0. The molecule has 1 aliphatic heterocycles. The van der Waals surface area contributed by atoms with Gasteiger partial charge in [-0.25, -0.2) is 14.5 Å². The molecule has 0 aromatic rings. The molecule has 0 aromatic carbocycles. The molecule has 0 saturated heterocycles. The molecule has 14 heavy (non-hydrogen) atoms. The van der Waals surface area contributed by atoms with Gasteiger partial charge in [-0.1, -0.05) is 0 Å². The van der Waals surface area contributed by atoms with Crippen molar-refractivity contribution < 1.29 is 35.5 Å². The highest BCUT2D eigenvalue weighted by molar-refractivity contribution is 6.30. The first kappa shape index (κ1) is 10.6. The van der Waals surface area contributed by atoms with Crippen LogP contribution in [0.15, 0.2) is 4.99 Å². The maximum absolute atomic E-state index is 11.1. The van der Waals surface area contributed by atoms with E-state index in [1.54, 1.807) is 0 Å². The molecule has 6 N–H and O–H groups in total. The summed E-state index contributed by atoms with van der Waals surface area (Å²) in [5, 5.41) is 28.8. The monoisotopic (exact) mass is 204 g/mol. The van der Waals surface area contributed by atoms with Gasteiger partial charge in [0.05, 0.1) is 5.90 Å². The summed E-state index contributed by atoms with van der Waals surface area (Å²) in [5.41, 5.74) is 3.30. The summed E-state index contributed by atoms with van der Waals surface area (Å²) in [6.07, 6.45) is 0. The average molecular weight is 204 g/mol. The molecule has 78 valence electrons. The molecule has 0 aliphatic carbocycles. The number of nitrogens with one attached hydrogen (secondary N) is 1. The smallest absolute Gasteiger partial charge is 0.359 e. The number of aliphatic imine (C=N–C) groups is 1. The number of aliphatic carboxylic acids is 1. The zero-order valence-electron chi connectivity index (χ0n) is 7.19. The van der Waals surface area contributed by atoms with Gasteiger partial charge in [0.15, 0.2) is 13.1 Å². The van der Waals surface area contributed by atoms with Gasteiger partial charge in [-0.2, -0.15) is 4.99 Å². The number of carbonyl (C=O) groups excluding carboxylic acids is 1. The highest BCUT2D eigenvalue weighted by Gasteiger charge is 2.50. The zero-order chi connectivity index (χ0) is 10.9. The Hall–Kier alpha value is -1.51. The zero-order valence-corrected chi connectivity index (χ0v) is 7.19. The number of carboxylic acid groups (broad SMARTS) is 1. The fourth-order valence-electron chi connectivity index (χ4n) is 1.18. The van der Waals surface area contributed by atoms with Crippen LogP contribution in [0.5, 0.6) is 0 Å². The van der Waals surface area contributed by atoms with E-state index in [4.69, 9.17) is 5.11 Å². The number of nitrogens with zero attached hydrogens (tertiary/aromatic N) is 1. The number of amides is 1. The highest BCUT2D eigenvalue weighted by Crippen LogP contribution is 1.98. The Labute approximate surface area is 78.3 Å². The van der Waals surface area contributed by atoms with Crippen LogP contribution in [0.25, 0.3) is 0 Å². The molecule has 8 nitrogen and oxygen atoms in total. The van der Waals surface area contributed by atoms with Crippen LogP contribution in [-0.2, 0) is 9.59 Å². The number of carboxylic acids is 1. The van der Waals surface area contributed by atoms with Crippen LogP contribution in [0.2, 0.25) is 0 Å². The fraction of sp³-hybridized carbons (Fsp3) is 0.500. The van der Waals surface area contributed by atoms with Gasteiger partial charge in [-0.3, -0.25) is 0 Å². The SMILES string of the molecule is [NH3+]C[C@@]1(O)N=C([O-])C(=O)[NH+]1CC(=O)O. The summed E-state index contributed by atoms with van der Waals surface area (Å²) >= 11 is 0. The Kier molecular flexibility index (Phi) is 2.51. The van der Waals surface area contributed by atoms with Gasteiger partial charge in [0, 0.05) is 0 Å². The van der Waals surface area contributed by atoms with E-state index in [2.05, 4.69) is 10.7 Å². The predicted molar refractivity (Wildman–Crippen MR) is 38.6 cm³/mol. The van der Waals surface area contributed by atoms with Crippen molar-refractivity contribution in [2.24, 2.45) is 4.99 Å². The quantitative estimate of drug-likeness (QED) is 0.362. The second-order valence-corrected chi connectivity index (χ2v) is 2.86. The fourth-order valence-corrected chi connectivity index (χ4v) is 1.18. The summed E-state index contributed by atoms with van der Waals surface area (Å²) < 4.78 is 0. The van der Waals surface area contributed by atoms with Crippen LogP contribution in [-0.4, -0.2) is 46.9 Å². The molecule has 1 heterocycles. The van der Waals surface area contributed by atoms with Gasteiger partial charge < -0.3 is 21.1 Å². The maximum Gasteiger partial charge on any atom is 0.359 e. The molecular formula is C6H10N3O5+. The van der Waals surface area contributed by atoms with Gasteiger partial charge in [0.25, 0.3) is 0 Å². The van der Waals surface area contributed by atoms with Gasteiger partial charge in [0.1, 0.15) is 0 Å². The topological polar surface area (TPSA) is 142 Å². The molecule has 0 spiro atoms. The van der Waals surface area contributed by atoms with Crippen molar-refractivity contribution in [2.45, 2.75) is 5.85 Å². The molecule has 2 atom stereocenters. The molecule has 1 rings (SSSR count). The van der Waals surface area contributed by atoms with Crippen molar-refractivity contribution in [3.05, 3.63) is 0 Å². The minimum absolute atomic E-state index is 0.243. The maximum atomic E-state index is 11.1. The van der Waals surface area contributed by atoms with Crippen molar-refractivity contribution in [1.82, 2.24) is 0 Å². The predicted octanol–water partition coefficient (Wildman–Crippen LogP) is -5.86. The van der Waals surface area contributed by atoms with E-state index in [0.29, 0.717) is 0 Å². The lowest BCUT2D eigenvalue weighted by molar-refractivity contribution is -0.902. The van der Waals surface area contributed by atoms with Crippen molar-refractivity contribution in [3.8, 4) is 0 Å². The largest absolute Gasteiger partial charge is 0.852 e. The second kappa shape index (κ2) is 3.33. The van der Waals surface area contributed by atoms with Crippen molar-refractivity contribution in [3.63, 3.8) is 0 Å². The van der Waals surface area contributed by atoms with Crippen LogP contribution >= 0.6 is 0 Å². The van der Waals surface area contributed by atoms with Gasteiger partial charge in [0.2, 0.25) is 0 Å². The Morgan fingerprint density at radius 2 is 2.29 bits per heavy atom. The van der Waals surface area contributed by atoms with Gasteiger partial charge >= 0.3 is 17.7 Å². The van der Waals surface area contributed by atoms with Crippen LogP contribution in [0.4, 0.5) is 0 Å². The van der Waals surface area contributed by atoms with Crippen LogP contribution in [0.1, 0.15) is 0 Å². The molecule has 1 unspecified atom stereocenters. The molecule has 1 aliphatic rings. The summed E-state index contributed by atoms with van der Waals surface area (Å²) in [6.45, 7) is -0.937. The van der Waals surface area contributed by atoms with E-state index >= 15 is 0 Å². The van der Waals surface area contributed by atoms with E-state index in [1.165, 1.54) is 0 Å². The summed E-state index contributed by atoms with van der Waals surface area (Å²) in [5.74, 6) is -5.48. The lowest BCUT2D eigenvalue weighted by Crippen LogP contribution is -3.23. The number of hydrogen-bond acceptors (Lipinski definition) is 5. The van der Waals surface area contributed by atoms with Crippen molar-refractivity contribution >= 4 is 17.8 Å². The Morgan fingerprint density at radius 3 is 2.71 bits per heavy atom. The van der Waals surface area contributed by atoms with E-state index < -0.39 is 35.1 Å². The average Bonchev–Trinajstić information content (AvgIpc) is 2.30. The van der Waals surface area contributed by atoms with Crippen molar-refractivity contribution in [1.29, 1.82) is 0 Å². The summed E-state index contributed by atoms with van der Waals surface area (Å²) in [4.78, 5) is 24.2. The molecule has 0 fully saturated rings. The van der Waals surface area contributed by atoms with E-state index in [0.717, 1.165) is 0 Å². The third-order valence-corrected chi connectivity index (χ3v) is 1.91. The Balaban J connectivity index is 2.94. The standard InChI is InChI=1S/C6H9N3O5/c7-2-6(14)8-4(12)5(13)9(6)1-3(10)11/h14H,1-2,7H2,(H,8,12)(H,10,11)/p+1/t6-/m1/s1. The normalized spacial score (nSPS) is 31.7. The lowest BCUT2D eigenvalue weighted by Gasteiger charge is -2.20. The molecule has 0 aromatic heterocycles. The lowest BCUT2D eigenvalue weighted by atomic mass is 10.3. The number of carbonyl (C=O) groups is 2. The van der Waals surface area contributed by atoms with Crippen LogP contribution < -0.4 is 15.7 Å². The van der Waals surface area contributed by atoms with Crippen LogP contribution in [0, 0.1) is 0 Å². The highest BCUT2D eigenvalue weighted by atomic mass is 16.4. The first-order valence-electron chi connectivity index (χ1n) is 3.82. The molecule has 0 bridgehead atoms. The summed E-state index contributed by atoms with van der Waals surface area (Å²) in [7, 11) is 0. The Morgan fingerprint density at radius 1 is 1.71 bits per heavy atom. The molecular weight excluding hydrogens is 194 g/mol. The first-order chi connectivity index (χ1) is 6.40. The third-order valence-electron chi connectivity index (χ3n) is 1.91. The van der Waals surface area contributed by atoms with Gasteiger partial charge in [-0.05, 0) is 0 Å². The number of quaternary nitrogens is 2. The third kappa shape index (κ3) is 1.58. The minimum atomic E-state index is -2.02. The molecule has 1 amide bonds. The van der Waals surface area contributed by atoms with E-state index in [9.17, 15) is 19.8 Å². The van der Waals surface area contributed by atoms with Crippen molar-refractivity contribution in [2.75, 3.05) is 13.1 Å². The molecule has 8 heteroatoms. The molecule has 0 radical (unpaired) electrons. The second-order valence-electron chi connectivity index (χ2n) is 2.86.